The summed E-state index contributed by atoms with van der Waals surface area (Å²) in [5, 5.41) is 12.9. The summed E-state index contributed by atoms with van der Waals surface area (Å²) in [5.41, 5.74) is 4.20. The van der Waals surface area contributed by atoms with Crippen LogP contribution in [0.1, 0.15) is 22.3 Å². The minimum atomic E-state index is 1.03. The topological polar surface area (TPSA) is 0 Å². The van der Waals surface area contributed by atoms with Crippen molar-refractivity contribution >= 4 is 53.9 Å². The fraction of sp³-hybridized carbons (Fsp3) is 0. The zero-order chi connectivity index (χ0) is 23.6. The molecule has 8 aromatic carbocycles. The van der Waals surface area contributed by atoms with Crippen molar-refractivity contribution in [1.82, 2.24) is 0 Å². The quantitative estimate of drug-likeness (QED) is 0.160. The van der Waals surface area contributed by atoms with Gasteiger partial charge in [0.05, 0.1) is 0 Å². The van der Waals surface area contributed by atoms with E-state index in [1.54, 1.807) is 0 Å². The van der Waals surface area contributed by atoms with E-state index in [-0.39, 0.29) is 0 Å². The highest BCUT2D eigenvalue weighted by atomic mass is 14.2. The van der Waals surface area contributed by atoms with Crippen molar-refractivity contribution in [2.24, 2.45) is 0 Å². The molecule has 36 heavy (non-hydrogen) atoms. The van der Waals surface area contributed by atoms with Gasteiger partial charge in [0.15, 0.2) is 0 Å². The Bertz CT molecular complexity index is 2020. The number of rotatable bonds is 0. The van der Waals surface area contributed by atoms with E-state index in [0.29, 0.717) is 0 Å². The normalized spacial score (nSPS) is 11.4. The minimum Gasteiger partial charge on any atom is -0.0622 e. The molecule has 0 saturated carbocycles. The van der Waals surface area contributed by atoms with Gasteiger partial charge >= 0.3 is 0 Å². The lowest BCUT2D eigenvalue weighted by Gasteiger charge is -2.08. The molecule has 0 aromatic heterocycles. The van der Waals surface area contributed by atoms with E-state index < -0.39 is 0 Å². The summed E-state index contributed by atoms with van der Waals surface area (Å²) in [6, 6.07) is 38.4. The molecule has 0 amide bonds. The lowest BCUT2D eigenvalue weighted by molar-refractivity contribution is 1.64. The number of benzene rings is 7. The lowest BCUT2D eigenvalue weighted by Crippen LogP contribution is -1.86. The lowest BCUT2D eigenvalue weighted by atomic mass is 9.94. The van der Waals surface area contributed by atoms with Crippen molar-refractivity contribution in [2.45, 2.75) is 0 Å². The largest absolute Gasteiger partial charge is 0.0622 e. The summed E-state index contributed by atoms with van der Waals surface area (Å²) < 4.78 is 0. The molecule has 0 aliphatic carbocycles. The Morgan fingerprint density at radius 1 is 0.333 bits per heavy atom. The van der Waals surface area contributed by atoms with E-state index in [0.717, 1.165) is 22.3 Å². The third-order valence-corrected chi connectivity index (χ3v) is 7.37. The highest BCUT2D eigenvalue weighted by molar-refractivity contribution is 6.45. The second-order valence-corrected chi connectivity index (χ2v) is 9.42. The highest BCUT2D eigenvalue weighted by Gasteiger charge is 2.22. The van der Waals surface area contributed by atoms with Crippen LogP contribution in [0.3, 0.4) is 0 Å². The summed E-state index contributed by atoms with van der Waals surface area (Å²) in [6.45, 7) is 0. The molecule has 162 valence electrons. The van der Waals surface area contributed by atoms with Gasteiger partial charge in [0.1, 0.15) is 0 Å². The second-order valence-electron chi connectivity index (χ2n) is 9.42. The summed E-state index contributed by atoms with van der Waals surface area (Å²) in [4.78, 5) is 0. The fourth-order valence-corrected chi connectivity index (χ4v) is 5.80. The molecular weight excluding hydrogens is 432 g/mol. The van der Waals surface area contributed by atoms with Crippen LogP contribution in [0.4, 0.5) is 0 Å². The van der Waals surface area contributed by atoms with Crippen molar-refractivity contribution in [2.75, 3.05) is 0 Å². The standard InChI is InChI=1S/C36H18/c1-3-7-23(8-4-1)11-13-26-21-28-17-15-25-16-18-29-22-27(14-12-24-9-5-2-6-10-24)31-20-19-30(26)35-33(28)32(25)34(29)36(31)35/h1-10,15-22H. The Morgan fingerprint density at radius 3 is 1.22 bits per heavy atom. The van der Waals surface area contributed by atoms with E-state index in [4.69, 9.17) is 0 Å². The van der Waals surface area contributed by atoms with Crippen LogP contribution >= 0.6 is 0 Å². The van der Waals surface area contributed by atoms with E-state index in [1.807, 2.05) is 36.4 Å². The zero-order valence-electron chi connectivity index (χ0n) is 19.4. The van der Waals surface area contributed by atoms with Gasteiger partial charge in [0, 0.05) is 22.3 Å². The molecule has 0 bridgehead atoms. The first-order valence-electron chi connectivity index (χ1n) is 12.2. The Kier molecular flexibility index (Phi) is 3.87. The van der Waals surface area contributed by atoms with Gasteiger partial charge in [-0.1, -0.05) is 96.5 Å². The van der Waals surface area contributed by atoms with E-state index in [1.165, 1.54) is 53.9 Å². The molecule has 0 nitrogen and oxygen atoms in total. The highest BCUT2D eigenvalue weighted by Crippen LogP contribution is 2.49. The van der Waals surface area contributed by atoms with Crippen LogP contribution in [-0.4, -0.2) is 0 Å². The van der Waals surface area contributed by atoms with Gasteiger partial charge in [0.2, 0.25) is 0 Å². The van der Waals surface area contributed by atoms with E-state index in [2.05, 4.69) is 96.5 Å². The first kappa shape index (κ1) is 19.3. The molecule has 0 atom stereocenters. The Labute approximate surface area is 208 Å². The van der Waals surface area contributed by atoms with E-state index >= 15 is 0 Å². The SMILES string of the molecule is C(#Cc1cc2ccc3ccc4cc(C#Cc5ccccc5)c5ccc1c1c2c3c4c51)c1ccccc1. The molecule has 0 aliphatic rings. The van der Waals surface area contributed by atoms with Gasteiger partial charge < -0.3 is 0 Å². The maximum Gasteiger partial charge on any atom is 0.0334 e. The van der Waals surface area contributed by atoms with Gasteiger partial charge in [-0.05, 0) is 90.3 Å². The molecule has 0 N–H and O–H groups in total. The molecule has 0 radical (unpaired) electrons. The first-order valence-corrected chi connectivity index (χ1v) is 12.2. The maximum absolute atomic E-state index is 3.49. The van der Waals surface area contributed by atoms with Gasteiger partial charge in [-0.2, -0.15) is 0 Å². The average Bonchev–Trinajstić information content (AvgIpc) is 3.31. The summed E-state index contributed by atoms with van der Waals surface area (Å²) in [6.07, 6.45) is 0. The van der Waals surface area contributed by atoms with Crippen LogP contribution in [0.15, 0.2) is 109 Å². The van der Waals surface area contributed by atoms with Crippen LogP contribution in [0, 0.1) is 23.7 Å². The van der Waals surface area contributed by atoms with Crippen LogP contribution in [-0.2, 0) is 0 Å². The summed E-state index contributed by atoms with van der Waals surface area (Å²) in [5.74, 6) is 13.7. The predicted octanol–water partition coefficient (Wildman–Crippen LogP) is 8.57. The second kappa shape index (κ2) is 7.23. The monoisotopic (exact) mass is 450 g/mol. The molecule has 8 aromatic rings. The van der Waals surface area contributed by atoms with Crippen molar-refractivity contribution < 1.29 is 0 Å². The van der Waals surface area contributed by atoms with Gasteiger partial charge in [0.25, 0.3) is 0 Å². The van der Waals surface area contributed by atoms with Gasteiger partial charge in [-0.15, -0.1) is 0 Å². The van der Waals surface area contributed by atoms with Crippen molar-refractivity contribution in [3.05, 3.63) is 131 Å². The van der Waals surface area contributed by atoms with Crippen LogP contribution in [0.2, 0.25) is 0 Å². The first-order chi connectivity index (χ1) is 17.8. The fourth-order valence-electron chi connectivity index (χ4n) is 5.80. The minimum absolute atomic E-state index is 1.03. The van der Waals surface area contributed by atoms with Crippen molar-refractivity contribution in [3.63, 3.8) is 0 Å². The number of hydrogen-bond donors (Lipinski definition) is 0. The Balaban J connectivity index is 1.49. The Morgan fingerprint density at radius 2 is 0.750 bits per heavy atom. The van der Waals surface area contributed by atoms with Crippen molar-refractivity contribution in [1.29, 1.82) is 0 Å². The molecule has 0 saturated heterocycles. The molecule has 0 heterocycles. The molecule has 8 rings (SSSR count). The third kappa shape index (κ3) is 2.68. The van der Waals surface area contributed by atoms with Crippen molar-refractivity contribution in [3.8, 4) is 23.7 Å². The summed E-state index contributed by atoms with van der Waals surface area (Å²) >= 11 is 0. The zero-order valence-corrected chi connectivity index (χ0v) is 19.4. The van der Waals surface area contributed by atoms with Gasteiger partial charge in [-0.25, -0.2) is 0 Å². The number of hydrogen-bond acceptors (Lipinski definition) is 0. The molecule has 0 aliphatic heterocycles. The Hall–Kier alpha value is -5.04. The maximum atomic E-state index is 3.49. The van der Waals surface area contributed by atoms with E-state index in [9.17, 15) is 0 Å². The van der Waals surface area contributed by atoms with Crippen LogP contribution in [0.25, 0.3) is 53.9 Å². The third-order valence-electron chi connectivity index (χ3n) is 7.37. The smallest absolute Gasteiger partial charge is 0.0334 e. The van der Waals surface area contributed by atoms with Gasteiger partial charge in [-0.3, -0.25) is 0 Å². The molecule has 0 fully saturated rings. The molecule has 0 spiro atoms. The average molecular weight is 451 g/mol. The predicted molar refractivity (Wildman–Crippen MR) is 152 cm³/mol. The van der Waals surface area contributed by atoms with Crippen LogP contribution in [0.5, 0.6) is 0 Å². The summed E-state index contributed by atoms with van der Waals surface area (Å²) in [7, 11) is 0. The molecule has 0 heteroatoms. The molecular formula is C36H18. The molecule has 0 unspecified atom stereocenters. The van der Waals surface area contributed by atoms with Crippen LogP contribution < -0.4 is 0 Å².